The number of hydrogen-bond acceptors (Lipinski definition) is 4. The van der Waals surface area contributed by atoms with E-state index in [1.807, 2.05) is 45.0 Å². The molecule has 0 bridgehead atoms. The molecule has 3 rings (SSSR count). The van der Waals surface area contributed by atoms with Gasteiger partial charge in [-0.2, -0.15) is 0 Å². The van der Waals surface area contributed by atoms with Gasteiger partial charge in [0.1, 0.15) is 5.75 Å². The molecule has 0 atom stereocenters. The van der Waals surface area contributed by atoms with Gasteiger partial charge in [0.05, 0.1) is 22.8 Å². The highest BCUT2D eigenvalue weighted by Crippen LogP contribution is 2.40. The van der Waals surface area contributed by atoms with Crippen molar-refractivity contribution < 1.29 is 14.3 Å². The summed E-state index contributed by atoms with van der Waals surface area (Å²) in [4.78, 5) is 28.3. The molecule has 2 aromatic rings. The average molecular weight is 410 g/mol. The van der Waals surface area contributed by atoms with Crippen molar-refractivity contribution in [3.63, 3.8) is 0 Å². The molecular formula is C24H27NO3S. The van der Waals surface area contributed by atoms with Crippen molar-refractivity contribution in [2.45, 2.75) is 39.9 Å². The zero-order chi connectivity index (χ0) is 21.1. The summed E-state index contributed by atoms with van der Waals surface area (Å²) >= 11 is 1.44. The van der Waals surface area contributed by atoms with Crippen molar-refractivity contribution in [1.82, 2.24) is 0 Å². The number of imide groups is 1. The molecule has 2 amide bonds. The highest BCUT2D eigenvalue weighted by molar-refractivity contribution is 8.04. The van der Waals surface area contributed by atoms with E-state index < -0.39 is 0 Å². The molecule has 0 aromatic heterocycles. The summed E-state index contributed by atoms with van der Waals surface area (Å²) in [7, 11) is 0. The zero-order valence-electron chi connectivity index (χ0n) is 17.6. The van der Waals surface area contributed by atoms with Crippen LogP contribution < -0.4 is 9.64 Å². The van der Waals surface area contributed by atoms with E-state index in [0.29, 0.717) is 28.7 Å². The van der Waals surface area contributed by atoms with E-state index in [2.05, 4.69) is 13.8 Å². The summed E-state index contributed by atoms with van der Waals surface area (Å²) in [5.41, 5.74) is 2.92. The molecular weight excluding hydrogens is 382 g/mol. The predicted molar refractivity (Wildman–Crippen MR) is 120 cm³/mol. The van der Waals surface area contributed by atoms with Crippen LogP contribution in [0.3, 0.4) is 0 Å². The number of amides is 2. The number of nitrogens with zero attached hydrogens (tertiary/aromatic N) is 1. The summed E-state index contributed by atoms with van der Waals surface area (Å²) in [6, 6.07) is 14.9. The molecule has 0 fully saturated rings. The monoisotopic (exact) mass is 409 g/mol. The van der Waals surface area contributed by atoms with E-state index in [1.165, 1.54) is 16.7 Å². The van der Waals surface area contributed by atoms with Gasteiger partial charge in [-0.25, -0.2) is 4.90 Å². The Morgan fingerprint density at radius 1 is 0.897 bits per heavy atom. The summed E-state index contributed by atoms with van der Waals surface area (Å²) < 4.78 is 5.71. The van der Waals surface area contributed by atoms with Gasteiger partial charge < -0.3 is 4.74 Å². The molecule has 1 heterocycles. The van der Waals surface area contributed by atoms with E-state index in [-0.39, 0.29) is 17.1 Å². The zero-order valence-corrected chi connectivity index (χ0v) is 18.4. The summed E-state index contributed by atoms with van der Waals surface area (Å²) in [6.45, 7) is 10.8. The predicted octanol–water partition coefficient (Wildman–Crippen LogP) is 5.46. The van der Waals surface area contributed by atoms with Gasteiger partial charge in [0.2, 0.25) is 0 Å². The van der Waals surface area contributed by atoms with Crippen LogP contribution in [0.1, 0.15) is 38.8 Å². The van der Waals surface area contributed by atoms with Crippen LogP contribution in [-0.2, 0) is 9.59 Å². The van der Waals surface area contributed by atoms with Crippen molar-refractivity contribution in [2.24, 2.45) is 5.92 Å². The number of ether oxygens (including phenoxy) is 1. The second kappa shape index (κ2) is 8.87. The number of carbonyl (C=O) groups is 2. The third kappa shape index (κ3) is 4.73. The molecule has 1 aliphatic heterocycles. The minimum absolute atomic E-state index is 0.189. The first kappa shape index (κ1) is 21.2. The van der Waals surface area contributed by atoms with Crippen LogP contribution in [0.2, 0.25) is 0 Å². The molecule has 0 radical (unpaired) electrons. The lowest BCUT2D eigenvalue weighted by molar-refractivity contribution is -0.119. The first-order valence-corrected chi connectivity index (χ1v) is 10.8. The van der Waals surface area contributed by atoms with Gasteiger partial charge >= 0.3 is 0 Å². The minimum atomic E-state index is -0.280. The third-order valence-corrected chi connectivity index (χ3v) is 5.50. The number of benzene rings is 2. The molecule has 1 aliphatic rings. The fourth-order valence-electron chi connectivity index (χ4n) is 3.02. The largest absolute Gasteiger partial charge is 0.493 e. The summed E-state index contributed by atoms with van der Waals surface area (Å²) in [5.74, 6) is 0.608. The van der Waals surface area contributed by atoms with Crippen LogP contribution in [0.15, 0.2) is 53.4 Å². The van der Waals surface area contributed by atoms with Crippen LogP contribution in [0.25, 0.3) is 5.57 Å². The Balaban J connectivity index is 1.93. The van der Waals surface area contributed by atoms with Crippen molar-refractivity contribution >= 4 is 34.8 Å². The van der Waals surface area contributed by atoms with Gasteiger partial charge in [0.15, 0.2) is 0 Å². The van der Waals surface area contributed by atoms with Crippen LogP contribution in [-0.4, -0.2) is 23.7 Å². The van der Waals surface area contributed by atoms with Gasteiger partial charge in [-0.15, -0.1) is 11.8 Å². The first-order chi connectivity index (χ1) is 13.8. The van der Waals surface area contributed by atoms with Gasteiger partial charge in [-0.3, -0.25) is 9.59 Å². The lowest BCUT2D eigenvalue weighted by atomic mass is 10.0. The highest BCUT2D eigenvalue weighted by Gasteiger charge is 2.40. The van der Waals surface area contributed by atoms with Crippen LogP contribution in [0.4, 0.5) is 5.69 Å². The smallest absolute Gasteiger partial charge is 0.272 e. The third-order valence-electron chi connectivity index (χ3n) is 4.41. The lowest BCUT2D eigenvalue weighted by Crippen LogP contribution is -2.31. The second-order valence-electron chi connectivity index (χ2n) is 7.88. The molecule has 0 saturated heterocycles. The molecule has 0 N–H and O–H groups in total. The fraction of sp³-hybridized carbons (Fsp3) is 0.333. The molecule has 29 heavy (non-hydrogen) atoms. The second-order valence-corrected chi connectivity index (χ2v) is 9.47. The number of carbonyl (C=O) groups excluding carboxylic acids is 2. The summed E-state index contributed by atoms with van der Waals surface area (Å²) in [6.07, 6.45) is 0. The number of thioether (sulfide) groups is 1. The van der Waals surface area contributed by atoms with E-state index in [1.54, 1.807) is 24.3 Å². The molecule has 0 unspecified atom stereocenters. The maximum absolute atomic E-state index is 13.3. The Kier molecular flexibility index (Phi) is 6.48. The first-order valence-electron chi connectivity index (χ1n) is 9.87. The Bertz CT molecular complexity index is 928. The standard InChI is InChI=1S/C24H27NO3S/c1-15(2)14-28-20-12-10-19(11-13-20)25-23(26)21(18-8-6-17(5)7-9-18)22(24(25)27)29-16(3)4/h6-13,15-16H,14H2,1-5H3. The Morgan fingerprint density at radius 2 is 1.52 bits per heavy atom. The number of hydrogen-bond donors (Lipinski definition) is 0. The Labute approximate surface area is 176 Å². The van der Waals surface area contributed by atoms with E-state index in [4.69, 9.17) is 4.74 Å². The number of rotatable bonds is 7. The molecule has 2 aromatic carbocycles. The minimum Gasteiger partial charge on any atom is -0.493 e. The van der Waals surface area contributed by atoms with Crippen LogP contribution in [0, 0.1) is 12.8 Å². The molecule has 0 aliphatic carbocycles. The Morgan fingerprint density at radius 3 is 2.07 bits per heavy atom. The maximum atomic E-state index is 13.3. The SMILES string of the molecule is Cc1ccc(C2=C(SC(C)C)C(=O)N(c3ccc(OCC(C)C)cc3)C2=O)cc1. The van der Waals surface area contributed by atoms with Gasteiger partial charge in [0, 0.05) is 5.25 Å². The van der Waals surface area contributed by atoms with Gasteiger partial charge in [-0.1, -0.05) is 57.5 Å². The van der Waals surface area contributed by atoms with Crippen molar-refractivity contribution in [2.75, 3.05) is 11.5 Å². The average Bonchev–Trinajstić information content (AvgIpc) is 2.91. The number of anilines is 1. The van der Waals surface area contributed by atoms with Crippen molar-refractivity contribution in [3.8, 4) is 5.75 Å². The summed E-state index contributed by atoms with van der Waals surface area (Å²) in [5, 5.41) is 0.189. The van der Waals surface area contributed by atoms with E-state index >= 15 is 0 Å². The van der Waals surface area contributed by atoms with Gasteiger partial charge in [-0.05, 0) is 42.7 Å². The van der Waals surface area contributed by atoms with E-state index in [0.717, 1.165) is 16.9 Å². The van der Waals surface area contributed by atoms with E-state index in [9.17, 15) is 9.59 Å². The fourth-order valence-corrected chi connectivity index (χ4v) is 4.00. The molecule has 4 nitrogen and oxygen atoms in total. The van der Waals surface area contributed by atoms with Gasteiger partial charge in [0.25, 0.3) is 11.8 Å². The topological polar surface area (TPSA) is 46.6 Å². The molecule has 5 heteroatoms. The lowest BCUT2D eigenvalue weighted by Gasteiger charge is -2.16. The Hall–Kier alpha value is -2.53. The molecule has 0 saturated carbocycles. The normalized spacial score (nSPS) is 14.5. The van der Waals surface area contributed by atoms with Crippen molar-refractivity contribution in [3.05, 3.63) is 64.6 Å². The number of aryl methyl sites for hydroxylation is 1. The molecule has 152 valence electrons. The van der Waals surface area contributed by atoms with Crippen LogP contribution in [0.5, 0.6) is 5.75 Å². The maximum Gasteiger partial charge on any atom is 0.272 e. The molecule has 0 spiro atoms. The quantitative estimate of drug-likeness (QED) is 0.570. The van der Waals surface area contributed by atoms with Crippen molar-refractivity contribution in [1.29, 1.82) is 0 Å². The highest BCUT2D eigenvalue weighted by atomic mass is 32.2. The van der Waals surface area contributed by atoms with Crippen LogP contribution >= 0.6 is 11.8 Å².